The molecule has 9 heteroatoms. The lowest BCUT2D eigenvalue weighted by Crippen LogP contribution is -2.48. The predicted molar refractivity (Wildman–Crippen MR) is 104 cm³/mol. The average Bonchev–Trinajstić information content (AvgIpc) is 3.23. The molecule has 2 aromatic rings. The third kappa shape index (κ3) is 4.06. The Bertz CT molecular complexity index is 860. The number of benzene rings is 1. The first-order valence-electron chi connectivity index (χ1n) is 8.55. The highest BCUT2D eigenvalue weighted by Crippen LogP contribution is 2.40. The summed E-state index contributed by atoms with van der Waals surface area (Å²) in [6, 6.07) is 7.22. The minimum atomic E-state index is -3.38. The highest BCUT2D eigenvalue weighted by molar-refractivity contribution is 7.91. The van der Waals surface area contributed by atoms with Crippen LogP contribution in [0.1, 0.15) is 5.56 Å². The topological polar surface area (TPSA) is 68.3 Å². The van der Waals surface area contributed by atoms with E-state index in [-0.39, 0.29) is 0 Å². The van der Waals surface area contributed by atoms with E-state index in [1.165, 1.54) is 11.3 Å². The van der Waals surface area contributed by atoms with Crippen LogP contribution in [0.15, 0.2) is 33.9 Å². The van der Waals surface area contributed by atoms with Crippen molar-refractivity contribution in [3.8, 4) is 17.2 Å². The summed E-state index contributed by atoms with van der Waals surface area (Å²) in [5.41, 5.74) is 0.977. The van der Waals surface area contributed by atoms with E-state index in [0.717, 1.165) is 5.56 Å². The lowest BCUT2D eigenvalue weighted by atomic mass is 10.1. The van der Waals surface area contributed by atoms with Crippen LogP contribution in [0.2, 0.25) is 0 Å². The monoisotopic (exact) mass is 412 g/mol. The Morgan fingerprint density at radius 3 is 2.22 bits per heavy atom. The van der Waals surface area contributed by atoms with E-state index in [1.54, 1.807) is 43.1 Å². The number of rotatable bonds is 7. The maximum atomic E-state index is 12.6. The van der Waals surface area contributed by atoms with Crippen molar-refractivity contribution >= 4 is 21.4 Å². The van der Waals surface area contributed by atoms with Gasteiger partial charge in [0, 0.05) is 38.3 Å². The molecule has 1 fully saturated rings. The minimum absolute atomic E-state index is 0.400. The highest BCUT2D eigenvalue weighted by Gasteiger charge is 2.29. The third-order valence-corrected chi connectivity index (χ3v) is 7.87. The Morgan fingerprint density at radius 2 is 1.67 bits per heavy atom. The summed E-state index contributed by atoms with van der Waals surface area (Å²) in [4.78, 5) is 2.21. The first-order chi connectivity index (χ1) is 13.0. The third-order valence-electron chi connectivity index (χ3n) is 4.60. The molecule has 1 aliphatic rings. The molecule has 2 heterocycles. The summed E-state index contributed by atoms with van der Waals surface area (Å²) < 4.78 is 43.5. The molecule has 0 aliphatic carbocycles. The van der Waals surface area contributed by atoms with E-state index in [1.807, 2.05) is 12.1 Å². The fraction of sp³-hybridized carbons (Fsp3) is 0.444. The Labute approximate surface area is 164 Å². The zero-order valence-corrected chi connectivity index (χ0v) is 17.3. The summed E-state index contributed by atoms with van der Waals surface area (Å²) in [6.45, 7) is 2.90. The van der Waals surface area contributed by atoms with Gasteiger partial charge >= 0.3 is 0 Å². The van der Waals surface area contributed by atoms with Crippen molar-refractivity contribution in [1.29, 1.82) is 0 Å². The van der Waals surface area contributed by atoms with Gasteiger partial charge in [-0.05, 0) is 17.5 Å². The largest absolute Gasteiger partial charge is 0.493 e. The van der Waals surface area contributed by atoms with Crippen molar-refractivity contribution in [1.82, 2.24) is 9.21 Å². The first kappa shape index (κ1) is 19.9. The molecule has 0 saturated carbocycles. The van der Waals surface area contributed by atoms with Crippen LogP contribution in [0.25, 0.3) is 0 Å². The second-order valence-corrected chi connectivity index (χ2v) is 9.22. The molecular formula is C18H24N2O5S2. The molecular weight excluding hydrogens is 388 g/mol. The van der Waals surface area contributed by atoms with Crippen molar-refractivity contribution in [2.24, 2.45) is 0 Å². The van der Waals surface area contributed by atoms with Gasteiger partial charge in [0.2, 0.25) is 5.75 Å². The Hall–Kier alpha value is -1.81. The van der Waals surface area contributed by atoms with Crippen molar-refractivity contribution in [2.75, 3.05) is 47.5 Å². The second kappa shape index (κ2) is 8.47. The molecule has 0 amide bonds. The van der Waals surface area contributed by atoms with Gasteiger partial charge in [-0.2, -0.15) is 4.31 Å². The Morgan fingerprint density at radius 1 is 0.963 bits per heavy atom. The number of methoxy groups -OCH3 is 3. The van der Waals surface area contributed by atoms with Gasteiger partial charge in [0.25, 0.3) is 10.0 Å². The zero-order chi connectivity index (χ0) is 19.4. The van der Waals surface area contributed by atoms with Crippen LogP contribution in [0.4, 0.5) is 0 Å². The van der Waals surface area contributed by atoms with Crippen molar-refractivity contribution in [3.05, 3.63) is 35.2 Å². The molecule has 1 aromatic heterocycles. The maximum absolute atomic E-state index is 12.6. The lowest BCUT2D eigenvalue weighted by Gasteiger charge is -2.34. The molecule has 0 radical (unpaired) electrons. The lowest BCUT2D eigenvalue weighted by molar-refractivity contribution is 0.179. The van der Waals surface area contributed by atoms with Crippen LogP contribution in [-0.2, 0) is 16.6 Å². The van der Waals surface area contributed by atoms with Gasteiger partial charge in [-0.15, -0.1) is 11.3 Å². The van der Waals surface area contributed by atoms with Gasteiger partial charge in [0.15, 0.2) is 11.5 Å². The number of thiophene rings is 1. The zero-order valence-electron chi connectivity index (χ0n) is 15.7. The summed E-state index contributed by atoms with van der Waals surface area (Å²) in [5, 5.41) is 1.78. The van der Waals surface area contributed by atoms with Crippen LogP contribution in [0.5, 0.6) is 17.2 Å². The normalized spacial score (nSPS) is 16.3. The molecule has 0 bridgehead atoms. The number of sulfonamides is 1. The van der Waals surface area contributed by atoms with E-state index in [4.69, 9.17) is 14.2 Å². The molecule has 3 rings (SSSR count). The van der Waals surface area contributed by atoms with E-state index < -0.39 is 10.0 Å². The molecule has 0 atom stereocenters. The van der Waals surface area contributed by atoms with Crippen LogP contribution in [-0.4, -0.2) is 65.1 Å². The first-order valence-corrected chi connectivity index (χ1v) is 10.9. The molecule has 7 nitrogen and oxygen atoms in total. The number of hydrogen-bond donors (Lipinski definition) is 0. The number of hydrogen-bond acceptors (Lipinski definition) is 7. The molecule has 148 valence electrons. The van der Waals surface area contributed by atoms with Gasteiger partial charge < -0.3 is 14.2 Å². The summed E-state index contributed by atoms with van der Waals surface area (Å²) in [6.07, 6.45) is 0. The highest BCUT2D eigenvalue weighted by atomic mass is 32.2. The van der Waals surface area contributed by atoms with Crippen molar-refractivity contribution in [2.45, 2.75) is 10.8 Å². The van der Waals surface area contributed by atoms with Gasteiger partial charge in [-0.3, -0.25) is 4.90 Å². The summed E-state index contributed by atoms with van der Waals surface area (Å²) in [5.74, 6) is 1.83. The summed E-state index contributed by atoms with van der Waals surface area (Å²) in [7, 11) is 1.39. The average molecular weight is 413 g/mol. The summed E-state index contributed by atoms with van der Waals surface area (Å²) >= 11 is 1.25. The van der Waals surface area contributed by atoms with Gasteiger partial charge in [-0.25, -0.2) is 8.42 Å². The van der Waals surface area contributed by atoms with Crippen LogP contribution in [0, 0.1) is 0 Å². The van der Waals surface area contributed by atoms with Gasteiger partial charge in [0.05, 0.1) is 21.3 Å². The second-order valence-electron chi connectivity index (χ2n) is 6.11. The molecule has 0 unspecified atom stereocenters. The molecule has 27 heavy (non-hydrogen) atoms. The van der Waals surface area contributed by atoms with Crippen LogP contribution in [0.3, 0.4) is 0 Å². The maximum Gasteiger partial charge on any atom is 0.252 e. The Balaban J connectivity index is 1.69. The number of ether oxygens (including phenoxy) is 3. The van der Waals surface area contributed by atoms with Crippen molar-refractivity contribution < 1.29 is 22.6 Å². The van der Waals surface area contributed by atoms with E-state index in [2.05, 4.69) is 4.90 Å². The Kier molecular flexibility index (Phi) is 6.25. The molecule has 1 aliphatic heterocycles. The van der Waals surface area contributed by atoms with Crippen LogP contribution >= 0.6 is 11.3 Å². The van der Waals surface area contributed by atoms with Gasteiger partial charge in [0.1, 0.15) is 4.21 Å². The number of nitrogens with zero attached hydrogens (tertiary/aromatic N) is 2. The standard InChI is InChI=1S/C18H24N2O5S2/c1-23-15-7-6-14(17(24-2)18(15)25-3)13-19-8-10-20(11-9-19)27(21,22)16-5-4-12-26-16/h4-7,12H,8-11,13H2,1-3H3. The molecule has 1 saturated heterocycles. The minimum Gasteiger partial charge on any atom is -0.493 e. The van der Waals surface area contributed by atoms with E-state index in [9.17, 15) is 8.42 Å². The van der Waals surface area contributed by atoms with E-state index >= 15 is 0 Å². The fourth-order valence-corrected chi connectivity index (χ4v) is 5.76. The van der Waals surface area contributed by atoms with Crippen LogP contribution < -0.4 is 14.2 Å². The smallest absolute Gasteiger partial charge is 0.252 e. The van der Waals surface area contributed by atoms with Crippen molar-refractivity contribution in [3.63, 3.8) is 0 Å². The quantitative estimate of drug-likeness (QED) is 0.695. The molecule has 0 N–H and O–H groups in total. The van der Waals surface area contributed by atoms with E-state index in [0.29, 0.717) is 54.2 Å². The fourth-order valence-electron chi connectivity index (χ4n) is 3.19. The number of piperazine rings is 1. The predicted octanol–water partition coefficient (Wildman–Crippen LogP) is 2.28. The molecule has 0 spiro atoms. The van der Waals surface area contributed by atoms with Gasteiger partial charge in [-0.1, -0.05) is 12.1 Å². The molecule has 1 aromatic carbocycles. The SMILES string of the molecule is COc1ccc(CN2CCN(S(=O)(=O)c3cccs3)CC2)c(OC)c1OC.